The number of hydrogen-bond donors (Lipinski definition) is 0. The summed E-state index contributed by atoms with van der Waals surface area (Å²) in [6, 6.07) is 7.76. The molecule has 0 saturated heterocycles. The van der Waals surface area contributed by atoms with Crippen LogP contribution >= 0.6 is 0 Å². The highest BCUT2D eigenvalue weighted by Crippen LogP contribution is 2.04. The number of hydrogen-bond acceptors (Lipinski definition) is 0. The van der Waals surface area contributed by atoms with Crippen LogP contribution in [0.25, 0.3) is 4.85 Å². The predicted octanol–water partition coefficient (Wildman–Crippen LogP) is 2.13. The minimum atomic E-state index is 0.536. The Bertz CT molecular complexity index is 339. The van der Waals surface area contributed by atoms with Crippen LogP contribution in [0.1, 0.15) is 11.1 Å². The molecule has 0 fully saturated rings. The lowest BCUT2D eigenvalue weighted by Crippen LogP contribution is -1.87. The van der Waals surface area contributed by atoms with Gasteiger partial charge in [-0.05, 0) is 17.7 Å². The molecule has 0 amide bonds. The molecule has 0 atom stereocenters. The van der Waals surface area contributed by atoms with E-state index in [4.69, 9.17) is 13.0 Å². The smallest absolute Gasteiger partial charge is 0.218 e. The van der Waals surface area contributed by atoms with Crippen molar-refractivity contribution < 1.29 is 0 Å². The highest BCUT2D eigenvalue weighted by Gasteiger charge is 1.94. The maximum absolute atomic E-state index is 6.64. The van der Waals surface area contributed by atoms with Crippen molar-refractivity contribution in [2.75, 3.05) is 6.54 Å². The molecular formula is C11H9N. The molecule has 0 aliphatic rings. The van der Waals surface area contributed by atoms with E-state index in [2.05, 4.69) is 10.8 Å². The topological polar surface area (TPSA) is 4.36 Å². The van der Waals surface area contributed by atoms with E-state index >= 15 is 0 Å². The third-order valence-corrected chi connectivity index (χ3v) is 1.61. The minimum Gasteiger partial charge on any atom is -0.317 e. The molecule has 1 rings (SSSR count). The van der Waals surface area contributed by atoms with Gasteiger partial charge in [0.2, 0.25) is 6.54 Å². The van der Waals surface area contributed by atoms with Crippen LogP contribution in [0.3, 0.4) is 0 Å². The molecule has 1 aromatic rings. The van der Waals surface area contributed by atoms with Crippen LogP contribution in [-0.4, -0.2) is 6.54 Å². The van der Waals surface area contributed by atoms with Crippen LogP contribution in [0.4, 0.5) is 0 Å². The summed E-state index contributed by atoms with van der Waals surface area (Å²) >= 11 is 0. The van der Waals surface area contributed by atoms with E-state index < -0.39 is 0 Å². The zero-order chi connectivity index (χ0) is 8.81. The van der Waals surface area contributed by atoms with E-state index in [9.17, 15) is 0 Å². The second kappa shape index (κ2) is 4.21. The van der Waals surface area contributed by atoms with Crippen LogP contribution < -0.4 is 0 Å². The van der Waals surface area contributed by atoms with Crippen LogP contribution in [0.2, 0.25) is 0 Å². The van der Waals surface area contributed by atoms with Crippen molar-refractivity contribution in [3.63, 3.8) is 0 Å². The first-order valence-corrected chi connectivity index (χ1v) is 3.75. The van der Waals surface area contributed by atoms with E-state index in [1.807, 2.05) is 24.3 Å². The average molecular weight is 155 g/mol. The Morgan fingerprint density at radius 2 is 2.33 bits per heavy atom. The van der Waals surface area contributed by atoms with Gasteiger partial charge in [-0.1, -0.05) is 18.1 Å². The predicted molar refractivity (Wildman–Crippen MR) is 49.6 cm³/mol. The van der Waals surface area contributed by atoms with E-state index in [-0.39, 0.29) is 0 Å². The molecule has 0 spiro atoms. The molecule has 0 saturated carbocycles. The second-order valence-electron chi connectivity index (χ2n) is 2.48. The SMILES string of the molecule is [C-]#[N+]CCc1cccc(C#C)c1. The summed E-state index contributed by atoms with van der Waals surface area (Å²) < 4.78 is 0. The van der Waals surface area contributed by atoms with Crippen molar-refractivity contribution in [1.82, 2.24) is 0 Å². The van der Waals surface area contributed by atoms with Crippen LogP contribution in [0, 0.1) is 18.9 Å². The molecule has 0 unspecified atom stereocenters. The molecular weight excluding hydrogens is 146 g/mol. The highest BCUT2D eigenvalue weighted by atomic mass is 14.6. The van der Waals surface area contributed by atoms with Crippen molar-refractivity contribution in [1.29, 1.82) is 0 Å². The van der Waals surface area contributed by atoms with E-state index in [1.165, 1.54) is 0 Å². The van der Waals surface area contributed by atoms with E-state index in [1.54, 1.807) is 0 Å². The number of benzene rings is 1. The van der Waals surface area contributed by atoms with Gasteiger partial charge in [0.15, 0.2) is 0 Å². The zero-order valence-corrected chi connectivity index (χ0v) is 6.75. The Balaban J connectivity index is 2.76. The average Bonchev–Trinajstić information content (AvgIpc) is 2.15. The van der Waals surface area contributed by atoms with Gasteiger partial charge in [0.25, 0.3) is 0 Å². The number of rotatable bonds is 2. The van der Waals surface area contributed by atoms with Crippen molar-refractivity contribution >= 4 is 0 Å². The van der Waals surface area contributed by atoms with Gasteiger partial charge in [0.1, 0.15) is 0 Å². The van der Waals surface area contributed by atoms with Crippen LogP contribution in [-0.2, 0) is 6.42 Å². The summed E-state index contributed by atoms with van der Waals surface area (Å²) in [6.45, 7) is 7.17. The molecule has 0 N–H and O–H groups in total. The fourth-order valence-corrected chi connectivity index (χ4v) is 1.00. The Hall–Kier alpha value is -1.73. The number of nitrogens with zero attached hydrogens (tertiary/aromatic N) is 1. The van der Waals surface area contributed by atoms with E-state index in [0.717, 1.165) is 17.5 Å². The normalized spacial score (nSPS) is 8.50. The molecule has 0 bridgehead atoms. The molecule has 0 radical (unpaired) electrons. The molecule has 0 aliphatic carbocycles. The fraction of sp³-hybridized carbons (Fsp3) is 0.182. The van der Waals surface area contributed by atoms with Gasteiger partial charge < -0.3 is 4.85 Å². The van der Waals surface area contributed by atoms with Gasteiger partial charge in [-0.2, -0.15) is 0 Å². The molecule has 58 valence electrons. The van der Waals surface area contributed by atoms with Gasteiger partial charge in [-0.3, -0.25) is 0 Å². The highest BCUT2D eigenvalue weighted by molar-refractivity contribution is 5.35. The zero-order valence-electron chi connectivity index (χ0n) is 6.75. The van der Waals surface area contributed by atoms with Crippen molar-refractivity contribution in [3.8, 4) is 12.3 Å². The monoisotopic (exact) mass is 155 g/mol. The maximum Gasteiger partial charge on any atom is 0.218 e. The van der Waals surface area contributed by atoms with Gasteiger partial charge in [0.05, 0.1) is 0 Å². The lowest BCUT2D eigenvalue weighted by molar-refractivity contribution is 1.08. The molecule has 0 aliphatic heterocycles. The van der Waals surface area contributed by atoms with Crippen molar-refractivity contribution in [2.24, 2.45) is 0 Å². The molecule has 0 aromatic heterocycles. The summed E-state index contributed by atoms with van der Waals surface area (Å²) in [7, 11) is 0. The summed E-state index contributed by atoms with van der Waals surface area (Å²) in [6.07, 6.45) is 6.03. The maximum atomic E-state index is 6.64. The molecule has 0 heterocycles. The standard InChI is InChI=1S/C11H9N/c1-3-10-5-4-6-11(9-10)7-8-12-2/h1,4-6,9H,7-8H2. The van der Waals surface area contributed by atoms with Crippen LogP contribution in [0.5, 0.6) is 0 Å². The fourth-order valence-electron chi connectivity index (χ4n) is 1.00. The molecule has 1 heteroatoms. The first-order valence-electron chi connectivity index (χ1n) is 3.75. The van der Waals surface area contributed by atoms with Crippen LogP contribution in [0.15, 0.2) is 24.3 Å². The van der Waals surface area contributed by atoms with E-state index in [0.29, 0.717) is 6.54 Å². The molecule has 12 heavy (non-hydrogen) atoms. The van der Waals surface area contributed by atoms with Gasteiger partial charge in [-0.15, -0.1) is 6.42 Å². The summed E-state index contributed by atoms with van der Waals surface area (Å²) in [5.41, 5.74) is 2.03. The third-order valence-electron chi connectivity index (χ3n) is 1.61. The lowest BCUT2D eigenvalue weighted by atomic mass is 10.1. The van der Waals surface area contributed by atoms with Gasteiger partial charge in [-0.25, -0.2) is 6.57 Å². The summed E-state index contributed by atoms with van der Waals surface area (Å²) in [5, 5.41) is 0. The first kappa shape index (κ1) is 8.37. The molecule has 1 nitrogen and oxygen atoms in total. The summed E-state index contributed by atoms with van der Waals surface area (Å²) in [4.78, 5) is 3.28. The van der Waals surface area contributed by atoms with Gasteiger partial charge >= 0.3 is 0 Å². The summed E-state index contributed by atoms with van der Waals surface area (Å²) in [5.74, 6) is 2.57. The van der Waals surface area contributed by atoms with Gasteiger partial charge in [0, 0.05) is 12.0 Å². The Morgan fingerprint density at radius 3 is 3.00 bits per heavy atom. The molecule has 1 aromatic carbocycles. The van der Waals surface area contributed by atoms with Crippen molar-refractivity contribution in [3.05, 3.63) is 46.8 Å². The third kappa shape index (κ3) is 2.15. The van der Waals surface area contributed by atoms with Crippen molar-refractivity contribution in [2.45, 2.75) is 6.42 Å². The lowest BCUT2D eigenvalue weighted by Gasteiger charge is -1.95. The Kier molecular flexibility index (Phi) is 2.94. The second-order valence-corrected chi connectivity index (χ2v) is 2.48. The minimum absolute atomic E-state index is 0.536. The Labute approximate surface area is 72.9 Å². The quantitative estimate of drug-likeness (QED) is 0.455. The first-order chi connectivity index (χ1) is 5.86. The largest absolute Gasteiger partial charge is 0.317 e. The Morgan fingerprint density at radius 1 is 1.50 bits per heavy atom. The number of terminal acetylenes is 1.